The fourth-order valence-electron chi connectivity index (χ4n) is 0.605. The van der Waals surface area contributed by atoms with Gasteiger partial charge in [-0.05, 0) is 0 Å². The van der Waals surface area contributed by atoms with Crippen LogP contribution in [0.3, 0.4) is 0 Å². The molecule has 84 valence electrons. The molecule has 0 amide bonds. The van der Waals surface area contributed by atoms with E-state index in [1.807, 2.05) is 0 Å². The number of carboxylic acids is 1. The van der Waals surface area contributed by atoms with Crippen LogP contribution in [0.1, 0.15) is 0 Å². The van der Waals surface area contributed by atoms with Crippen LogP contribution in [0.2, 0.25) is 0 Å². The number of aliphatic carboxylic acids is 1. The van der Waals surface area contributed by atoms with E-state index in [-0.39, 0.29) is 43.9 Å². The maximum atomic E-state index is 11.0. The van der Waals surface area contributed by atoms with E-state index in [1.54, 1.807) is 0 Å². The van der Waals surface area contributed by atoms with E-state index < -0.39 is 39.3 Å². The van der Waals surface area contributed by atoms with E-state index in [0.717, 1.165) is 0 Å². The van der Waals surface area contributed by atoms with Gasteiger partial charge in [0.1, 0.15) is 6.10 Å². The summed E-state index contributed by atoms with van der Waals surface area (Å²) in [4.78, 5) is 21.3. The molecule has 0 aromatic carbocycles. The van der Waals surface area contributed by atoms with Crippen LogP contribution in [0, 0.1) is 0 Å². The zero-order valence-corrected chi connectivity index (χ0v) is 11.1. The van der Waals surface area contributed by atoms with Gasteiger partial charge in [0.15, 0.2) is 14.1 Å². The second kappa shape index (κ2) is 9.86. The van der Waals surface area contributed by atoms with Crippen molar-refractivity contribution in [2.45, 2.75) is 12.1 Å². The predicted molar refractivity (Wildman–Crippen MR) is 51.6 cm³/mol. The van der Waals surface area contributed by atoms with Crippen LogP contribution in [0.15, 0.2) is 4.74 Å². The number of nitrogens with zero attached hydrogens (tertiary/aromatic N) is 1. The van der Waals surface area contributed by atoms with E-state index in [1.165, 1.54) is 0 Å². The minimum absolute atomic E-state index is 0. The first-order chi connectivity index (χ1) is 6.51. The van der Waals surface area contributed by atoms with Crippen molar-refractivity contribution in [2.24, 2.45) is 4.74 Å². The SMILES string of the molecule is O=C(O)[C@H](CO)N=[P+]([O-])CC(O)CO.[Ca]. The monoisotopic (exact) mass is 265 g/mol. The summed E-state index contributed by atoms with van der Waals surface area (Å²) in [6, 6.07) is -1.44. The minimum Gasteiger partial charge on any atom is -0.612 e. The van der Waals surface area contributed by atoms with E-state index in [0.29, 0.717) is 0 Å². The molecule has 0 spiro atoms. The van der Waals surface area contributed by atoms with Gasteiger partial charge < -0.3 is 25.3 Å². The van der Waals surface area contributed by atoms with Crippen LogP contribution in [-0.2, 0) is 4.79 Å². The molecule has 0 heterocycles. The first kappa shape index (κ1) is 18.0. The molecule has 0 saturated carbocycles. The molecule has 7 nitrogen and oxygen atoms in total. The molecule has 15 heavy (non-hydrogen) atoms. The van der Waals surface area contributed by atoms with Crippen molar-refractivity contribution in [1.82, 2.24) is 0 Å². The van der Waals surface area contributed by atoms with Crippen molar-refractivity contribution in [1.29, 1.82) is 0 Å². The Morgan fingerprint density at radius 1 is 1.40 bits per heavy atom. The Hall–Kier alpha value is 0.670. The summed E-state index contributed by atoms with van der Waals surface area (Å²) in [5, 5.41) is 34.2. The first-order valence-electron chi connectivity index (χ1n) is 3.79. The Labute approximate surface area is 117 Å². The summed E-state index contributed by atoms with van der Waals surface area (Å²) >= 11 is 0. The van der Waals surface area contributed by atoms with Gasteiger partial charge in [-0.3, -0.25) is 0 Å². The maximum Gasteiger partial charge on any atom is 0.335 e. The molecule has 2 radical (unpaired) electrons. The second-order valence-corrected chi connectivity index (χ2v) is 3.82. The van der Waals surface area contributed by atoms with Gasteiger partial charge in [-0.2, -0.15) is 0 Å². The quantitative estimate of drug-likeness (QED) is 0.306. The number of carboxylic acid groups (broad SMARTS) is 1. The first-order valence-corrected chi connectivity index (χ1v) is 5.19. The molecule has 0 saturated heterocycles. The van der Waals surface area contributed by atoms with Crippen molar-refractivity contribution in [2.75, 3.05) is 19.4 Å². The molecule has 0 fully saturated rings. The molecule has 0 aliphatic rings. The third-order valence-electron chi connectivity index (χ3n) is 1.30. The van der Waals surface area contributed by atoms with Crippen LogP contribution in [0.5, 0.6) is 0 Å². The molecular formula is C6H12CaNO6P. The average Bonchev–Trinajstić information content (AvgIpc) is 2.13. The molecule has 0 rings (SSSR count). The van der Waals surface area contributed by atoms with Gasteiger partial charge in [0.2, 0.25) is 6.04 Å². The van der Waals surface area contributed by atoms with Gasteiger partial charge in [-0.25, -0.2) is 4.79 Å². The molecule has 4 N–H and O–H groups in total. The number of aliphatic hydroxyl groups is 3. The second-order valence-electron chi connectivity index (χ2n) is 2.52. The van der Waals surface area contributed by atoms with Crippen molar-refractivity contribution >= 4 is 51.6 Å². The zero-order chi connectivity index (χ0) is 11.1. The van der Waals surface area contributed by atoms with Crippen molar-refractivity contribution in [3.05, 3.63) is 0 Å². The standard InChI is InChI=1S/C6H12NO6P.Ca/c8-1-4(10)3-14(13)7-5(2-9)6(11)12;/h4-5,8-10H,1-3H2,(H,11,12);/t4?,5-;/m0./s1. The van der Waals surface area contributed by atoms with Crippen LogP contribution in [-0.4, -0.2) is 95.7 Å². The van der Waals surface area contributed by atoms with Crippen LogP contribution in [0.25, 0.3) is 0 Å². The van der Waals surface area contributed by atoms with Gasteiger partial charge in [0.25, 0.3) is 0 Å². The molecular weight excluding hydrogens is 253 g/mol. The number of aliphatic hydroxyl groups excluding tert-OH is 3. The summed E-state index contributed by atoms with van der Waals surface area (Å²) < 4.78 is 3.27. The normalized spacial score (nSPS) is 15.3. The molecule has 0 bridgehead atoms. The van der Waals surface area contributed by atoms with Gasteiger partial charge in [0.05, 0.1) is 13.2 Å². The molecule has 3 atom stereocenters. The summed E-state index contributed by atoms with van der Waals surface area (Å²) in [5.74, 6) is -1.38. The number of rotatable bonds is 6. The topological polar surface area (TPSA) is 133 Å². The van der Waals surface area contributed by atoms with Crippen molar-refractivity contribution in [3.63, 3.8) is 0 Å². The van der Waals surface area contributed by atoms with Gasteiger partial charge in [0, 0.05) is 37.7 Å². The third-order valence-corrected chi connectivity index (χ3v) is 2.57. The van der Waals surface area contributed by atoms with Crippen molar-refractivity contribution in [3.8, 4) is 0 Å². The van der Waals surface area contributed by atoms with E-state index >= 15 is 0 Å². The van der Waals surface area contributed by atoms with Gasteiger partial charge >= 0.3 is 5.97 Å². The van der Waals surface area contributed by atoms with Crippen LogP contribution in [0.4, 0.5) is 0 Å². The molecule has 9 heteroatoms. The molecule has 2 unspecified atom stereocenters. The van der Waals surface area contributed by atoms with E-state index in [2.05, 4.69) is 4.74 Å². The summed E-state index contributed by atoms with van der Waals surface area (Å²) in [5.41, 5.74) is 0. The maximum absolute atomic E-state index is 11.0. The zero-order valence-electron chi connectivity index (χ0n) is 7.98. The van der Waals surface area contributed by atoms with Gasteiger partial charge in [-0.15, -0.1) is 0 Å². The minimum atomic E-state index is -2.28. The molecule has 0 aliphatic carbocycles. The third kappa shape index (κ3) is 8.47. The largest absolute Gasteiger partial charge is 0.612 e. The Balaban J connectivity index is 0. The molecule has 0 aromatic rings. The smallest absolute Gasteiger partial charge is 0.335 e. The average molecular weight is 265 g/mol. The predicted octanol–water partition coefficient (Wildman–Crippen LogP) is -2.65. The molecule has 0 aromatic heterocycles. The van der Waals surface area contributed by atoms with E-state index in [9.17, 15) is 9.69 Å². The fourth-order valence-corrected chi connectivity index (χ4v) is 1.66. The fraction of sp³-hybridized carbons (Fsp3) is 0.833. The number of hydrogen-bond donors (Lipinski definition) is 4. The summed E-state index contributed by atoms with van der Waals surface area (Å²) in [6.45, 7) is -1.31. The number of carbonyl (C=O) groups is 1. The molecule has 0 aliphatic heterocycles. The van der Waals surface area contributed by atoms with Crippen molar-refractivity contribution < 1.29 is 30.1 Å². The van der Waals surface area contributed by atoms with Crippen LogP contribution >= 0.6 is 7.94 Å². The Bertz CT molecular complexity index is 226. The Morgan fingerprint density at radius 3 is 2.27 bits per heavy atom. The number of hydrogen-bond acceptors (Lipinski definition) is 6. The Kier molecular flexibility index (Phi) is 11.9. The summed E-state index contributed by atoms with van der Waals surface area (Å²) in [7, 11) is -2.28. The summed E-state index contributed by atoms with van der Waals surface area (Å²) in [6.07, 6.45) is -1.49. The van der Waals surface area contributed by atoms with Crippen LogP contribution < -0.4 is 4.89 Å². The Morgan fingerprint density at radius 2 is 1.93 bits per heavy atom. The van der Waals surface area contributed by atoms with E-state index in [4.69, 9.17) is 20.4 Å². The van der Waals surface area contributed by atoms with Gasteiger partial charge in [-0.1, -0.05) is 4.74 Å².